The zero-order chi connectivity index (χ0) is 16.7. The number of phenols is 1. The first-order chi connectivity index (χ1) is 10.3. The van der Waals surface area contributed by atoms with Crippen LogP contribution in [0.3, 0.4) is 0 Å². The quantitative estimate of drug-likeness (QED) is 0.647. The van der Waals surface area contributed by atoms with Crippen molar-refractivity contribution in [2.75, 3.05) is 13.7 Å². The first-order valence-corrected chi connectivity index (χ1v) is 7.24. The van der Waals surface area contributed by atoms with Gasteiger partial charge in [-0.2, -0.15) is 0 Å². The number of hydrogen-bond donors (Lipinski definition) is 3. The number of aromatic hydroxyl groups is 1. The van der Waals surface area contributed by atoms with Gasteiger partial charge in [0.2, 0.25) is 5.91 Å². The number of phenolic OH excluding ortho intramolecular Hbond substituents is 1. The number of esters is 1. The van der Waals surface area contributed by atoms with E-state index in [4.69, 9.17) is 10.5 Å². The molecule has 0 saturated heterocycles. The van der Waals surface area contributed by atoms with Gasteiger partial charge in [-0.25, -0.2) is 0 Å². The third-order valence-electron chi connectivity index (χ3n) is 3.50. The summed E-state index contributed by atoms with van der Waals surface area (Å²) in [5, 5.41) is 12.0. The highest BCUT2D eigenvalue weighted by molar-refractivity contribution is 5.82. The van der Waals surface area contributed by atoms with E-state index in [9.17, 15) is 14.7 Å². The molecule has 0 bridgehead atoms. The second-order valence-corrected chi connectivity index (χ2v) is 5.61. The average Bonchev–Trinajstić information content (AvgIpc) is 2.51. The molecule has 6 heteroatoms. The van der Waals surface area contributed by atoms with E-state index in [0.29, 0.717) is 6.42 Å². The highest BCUT2D eigenvalue weighted by atomic mass is 16.5. The smallest absolute Gasteiger partial charge is 0.310 e. The van der Waals surface area contributed by atoms with E-state index in [1.54, 1.807) is 24.3 Å². The van der Waals surface area contributed by atoms with Crippen LogP contribution >= 0.6 is 0 Å². The van der Waals surface area contributed by atoms with E-state index in [1.807, 2.05) is 13.8 Å². The Morgan fingerprint density at radius 3 is 2.36 bits per heavy atom. The van der Waals surface area contributed by atoms with Crippen LogP contribution in [0, 0.1) is 11.8 Å². The number of carbonyl (C=O) groups excluding carboxylic acids is 2. The lowest BCUT2D eigenvalue weighted by atomic mass is 9.98. The van der Waals surface area contributed by atoms with Crippen molar-refractivity contribution in [3.05, 3.63) is 29.8 Å². The maximum atomic E-state index is 11.9. The number of benzene rings is 1. The number of ether oxygens (including phenoxy) is 1. The Kier molecular flexibility index (Phi) is 6.85. The molecule has 1 unspecified atom stereocenters. The number of carbonyl (C=O) groups is 2. The van der Waals surface area contributed by atoms with E-state index < -0.39 is 17.9 Å². The van der Waals surface area contributed by atoms with Crippen molar-refractivity contribution in [2.24, 2.45) is 17.6 Å². The zero-order valence-corrected chi connectivity index (χ0v) is 13.2. The van der Waals surface area contributed by atoms with Crippen LogP contribution in [0.5, 0.6) is 5.75 Å². The first-order valence-electron chi connectivity index (χ1n) is 7.24. The molecular formula is C16H24N2O4. The molecule has 0 radical (unpaired) electrons. The third kappa shape index (κ3) is 5.37. The molecule has 1 rings (SSSR count). The molecule has 0 heterocycles. The molecule has 4 N–H and O–H groups in total. The highest BCUT2D eigenvalue weighted by Gasteiger charge is 2.23. The van der Waals surface area contributed by atoms with Crippen molar-refractivity contribution in [3.8, 4) is 5.75 Å². The minimum atomic E-state index is -0.605. The van der Waals surface area contributed by atoms with Gasteiger partial charge in [0.25, 0.3) is 0 Å². The Morgan fingerprint density at radius 2 is 1.86 bits per heavy atom. The topological polar surface area (TPSA) is 102 Å². The fourth-order valence-electron chi connectivity index (χ4n) is 1.97. The van der Waals surface area contributed by atoms with E-state index in [-0.39, 0.29) is 24.1 Å². The molecule has 1 aromatic rings. The Labute approximate surface area is 130 Å². The van der Waals surface area contributed by atoms with Gasteiger partial charge < -0.3 is 20.9 Å². The van der Waals surface area contributed by atoms with Gasteiger partial charge in [0.05, 0.1) is 19.1 Å². The van der Waals surface area contributed by atoms with Crippen LogP contribution in [-0.4, -0.2) is 36.7 Å². The Hall–Kier alpha value is -2.08. The first kappa shape index (κ1) is 18.0. The minimum absolute atomic E-state index is 0.0219. The van der Waals surface area contributed by atoms with Crippen LogP contribution in [0.15, 0.2) is 24.3 Å². The third-order valence-corrected chi connectivity index (χ3v) is 3.50. The fourth-order valence-corrected chi connectivity index (χ4v) is 1.97. The number of rotatable bonds is 7. The van der Waals surface area contributed by atoms with Gasteiger partial charge in [-0.3, -0.25) is 9.59 Å². The van der Waals surface area contributed by atoms with Gasteiger partial charge in [-0.1, -0.05) is 26.0 Å². The van der Waals surface area contributed by atoms with Crippen LogP contribution in [0.4, 0.5) is 0 Å². The maximum Gasteiger partial charge on any atom is 0.310 e. The van der Waals surface area contributed by atoms with Crippen LogP contribution in [-0.2, 0) is 20.7 Å². The summed E-state index contributed by atoms with van der Waals surface area (Å²) in [5.41, 5.74) is 6.64. The second-order valence-electron chi connectivity index (χ2n) is 5.61. The van der Waals surface area contributed by atoms with Crippen LogP contribution < -0.4 is 11.1 Å². The minimum Gasteiger partial charge on any atom is -0.508 e. The molecule has 0 aliphatic carbocycles. The molecule has 1 amide bonds. The Balaban J connectivity index is 2.67. The average molecular weight is 308 g/mol. The molecule has 6 nitrogen and oxygen atoms in total. The zero-order valence-electron chi connectivity index (χ0n) is 13.2. The maximum absolute atomic E-state index is 11.9. The van der Waals surface area contributed by atoms with Gasteiger partial charge in [0, 0.05) is 6.54 Å². The Morgan fingerprint density at radius 1 is 1.27 bits per heavy atom. The molecule has 0 spiro atoms. The molecule has 0 saturated carbocycles. The molecule has 0 aliphatic heterocycles. The number of hydrogen-bond acceptors (Lipinski definition) is 5. The molecule has 2 atom stereocenters. The number of amides is 1. The molecular weight excluding hydrogens is 284 g/mol. The normalized spacial score (nSPS) is 13.5. The lowest BCUT2D eigenvalue weighted by Crippen LogP contribution is -2.46. The molecule has 0 aromatic heterocycles. The highest BCUT2D eigenvalue weighted by Crippen LogP contribution is 2.14. The largest absolute Gasteiger partial charge is 0.508 e. The summed E-state index contributed by atoms with van der Waals surface area (Å²) < 4.78 is 4.78. The predicted molar refractivity (Wildman–Crippen MR) is 83.1 cm³/mol. The molecule has 0 fully saturated rings. The summed E-state index contributed by atoms with van der Waals surface area (Å²) >= 11 is 0. The van der Waals surface area contributed by atoms with E-state index in [1.165, 1.54) is 7.11 Å². The van der Waals surface area contributed by atoms with Gasteiger partial charge in [0.15, 0.2) is 0 Å². The number of nitrogens with one attached hydrogen (secondary N) is 1. The molecule has 0 aliphatic rings. The van der Waals surface area contributed by atoms with Crippen molar-refractivity contribution < 1.29 is 19.4 Å². The number of nitrogens with two attached hydrogens (primary N) is 1. The van der Waals surface area contributed by atoms with Gasteiger partial charge in [0.1, 0.15) is 5.75 Å². The molecule has 1 aromatic carbocycles. The van der Waals surface area contributed by atoms with E-state index >= 15 is 0 Å². The lowest BCUT2D eigenvalue weighted by molar-refractivity contribution is -0.145. The monoisotopic (exact) mass is 308 g/mol. The van der Waals surface area contributed by atoms with Crippen molar-refractivity contribution in [1.29, 1.82) is 0 Å². The second kappa shape index (κ2) is 8.38. The lowest BCUT2D eigenvalue weighted by Gasteiger charge is -2.19. The predicted octanol–water partition coefficient (Wildman–Crippen LogP) is 0.823. The summed E-state index contributed by atoms with van der Waals surface area (Å²) in [4.78, 5) is 23.7. The summed E-state index contributed by atoms with van der Waals surface area (Å²) in [7, 11) is 1.31. The van der Waals surface area contributed by atoms with Crippen LogP contribution in [0.1, 0.15) is 19.4 Å². The summed E-state index contributed by atoms with van der Waals surface area (Å²) in [6.07, 6.45) is 0.407. The van der Waals surface area contributed by atoms with Gasteiger partial charge in [-0.05, 0) is 30.0 Å². The van der Waals surface area contributed by atoms with Crippen LogP contribution in [0.25, 0.3) is 0 Å². The van der Waals surface area contributed by atoms with Crippen LogP contribution in [0.2, 0.25) is 0 Å². The van der Waals surface area contributed by atoms with Crippen molar-refractivity contribution in [3.63, 3.8) is 0 Å². The van der Waals surface area contributed by atoms with Crippen molar-refractivity contribution in [2.45, 2.75) is 26.3 Å². The van der Waals surface area contributed by atoms with Gasteiger partial charge >= 0.3 is 5.97 Å². The summed E-state index contributed by atoms with van der Waals surface area (Å²) in [6, 6.07) is 5.96. The standard InChI is InChI=1S/C16H24N2O4/c1-10(2)14(17)15(20)18-9-12(16(21)22-3)8-11-4-6-13(19)7-5-11/h4-7,10,12,14,19H,8-9,17H2,1-3H3,(H,18,20)/t12?,14-/m0/s1. The number of methoxy groups -OCH3 is 1. The molecule has 122 valence electrons. The fraction of sp³-hybridized carbons (Fsp3) is 0.500. The van der Waals surface area contributed by atoms with E-state index in [2.05, 4.69) is 5.32 Å². The van der Waals surface area contributed by atoms with E-state index in [0.717, 1.165) is 5.56 Å². The van der Waals surface area contributed by atoms with Gasteiger partial charge in [-0.15, -0.1) is 0 Å². The summed E-state index contributed by atoms with van der Waals surface area (Å²) in [5.74, 6) is -0.998. The Bertz CT molecular complexity index is 499. The van der Waals surface area contributed by atoms with Crippen molar-refractivity contribution >= 4 is 11.9 Å². The van der Waals surface area contributed by atoms with Crippen molar-refractivity contribution in [1.82, 2.24) is 5.32 Å². The SMILES string of the molecule is COC(=O)C(CNC(=O)[C@@H](N)C(C)C)Cc1ccc(O)cc1. The summed E-state index contributed by atoms with van der Waals surface area (Å²) in [6.45, 7) is 3.88. The molecule has 22 heavy (non-hydrogen) atoms.